The molecule has 2 N–H and O–H groups in total. The van der Waals surface area contributed by atoms with E-state index in [4.69, 9.17) is 9.53 Å². The normalized spacial score (nSPS) is 12.7. The van der Waals surface area contributed by atoms with Crippen LogP contribution >= 0.6 is 0 Å². The zero-order chi connectivity index (χ0) is 17.4. The Labute approximate surface area is 120 Å². The van der Waals surface area contributed by atoms with Gasteiger partial charge in [0.25, 0.3) is 0 Å². The maximum atomic E-state index is 10.7. The van der Waals surface area contributed by atoms with E-state index in [1.165, 1.54) is 6.92 Å². The molecule has 0 spiro atoms. The molecule has 0 aliphatic rings. The second-order valence-corrected chi connectivity index (χ2v) is 5.14. The lowest BCUT2D eigenvalue weighted by molar-refractivity contribution is -0.873. The standard InChI is InChI=1S/C9H17NO4.C2H2F3NO/c1-7(11)14-8(5-9(12)13)6-10(2,3)4;3-2(4,5)1(6)7/h8H,5-6H2,1-4H3;(H2,6,7). The monoisotopic (exact) mass is 316 g/mol. The highest BCUT2D eigenvalue weighted by Crippen LogP contribution is 2.11. The van der Waals surface area contributed by atoms with Gasteiger partial charge in [0, 0.05) is 19.3 Å². The van der Waals surface area contributed by atoms with E-state index in [-0.39, 0.29) is 6.42 Å². The Kier molecular flexibility index (Phi) is 8.63. The molecule has 10 heteroatoms. The largest absolute Gasteiger partial charge is 0.550 e. The molecule has 0 aromatic heterocycles. The number of nitrogens with two attached hydrogens (primary N) is 1. The van der Waals surface area contributed by atoms with Crippen molar-refractivity contribution in [3.05, 3.63) is 0 Å². The SMILES string of the molecule is CC(=O)OC(CC(=O)[O-])C[N+](C)(C)C.NC(=O)C(F)(F)F. The fourth-order valence-electron chi connectivity index (χ4n) is 1.17. The number of quaternary nitrogens is 1. The van der Waals surface area contributed by atoms with E-state index < -0.39 is 30.1 Å². The minimum absolute atomic E-state index is 0.255. The Morgan fingerprint density at radius 2 is 1.62 bits per heavy atom. The quantitative estimate of drug-likeness (QED) is 0.506. The van der Waals surface area contributed by atoms with Gasteiger partial charge in [-0.3, -0.25) is 9.59 Å². The van der Waals surface area contributed by atoms with Crippen molar-refractivity contribution in [2.24, 2.45) is 5.73 Å². The third kappa shape index (κ3) is 16.1. The number of esters is 1. The lowest BCUT2D eigenvalue weighted by Gasteiger charge is -2.28. The Morgan fingerprint density at radius 3 is 1.81 bits per heavy atom. The summed E-state index contributed by atoms with van der Waals surface area (Å²) in [5.41, 5.74) is 3.81. The van der Waals surface area contributed by atoms with Crippen LogP contribution in [-0.2, 0) is 19.1 Å². The number of carboxylic acid groups (broad SMARTS) is 1. The lowest BCUT2D eigenvalue weighted by atomic mass is 10.2. The van der Waals surface area contributed by atoms with Gasteiger partial charge in [-0.1, -0.05) is 0 Å². The molecule has 1 atom stereocenters. The van der Waals surface area contributed by atoms with Crippen LogP contribution in [0.15, 0.2) is 0 Å². The van der Waals surface area contributed by atoms with Crippen LogP contribution in [-0.4, -0.2) is 62.3 Å². The van der Waals surface area contributed by atoms with Crippen LogP contribution in [0.3, 0.4) is 0 Å². The topological polar surface area (TPSA) is 110 Å². The fraction of sp³-hybridized carbons (Fsp3) is 0.727. The molecule has 1 unspecified atom stereocenters. The van der Waals surface area contributed by atoms with E-state index >= 15 is 0 Å². The predicted molar refractivity (Wildman–Crippen MR) is 63.3 cm³/mol. The highest BCUT2D eigenvalue weighted by Gasteiger charge is 2.35. The zero-order valence-electron chi connectivity index (χ0n) is 12.2. The number of carbonyl (C=O) groups is 3. The number of carbonyl (C=O) groups excluding carboxylic acids is 3. The van der Waals surface area contributed by atoms with Crippen molar-refractivity contribution >= 4 is 17.8 Å². The smallest absolute Gasteiger partial charge is 0.470 e. The molecule has 0 fully saturated rings. The van der Waals surface area contributed by atoms with Gasteiger partial charge in [0.2, 0.25) is 0 Å². The Bertz CT molecular complexity index is 361. The first-order chi connectivity index (χ1) is 9.15. The summed E-state index contributed by atoms with van der Waals surface area (Å²) in [5, 5.41) is 10.4. The number of hydrogen-bond donors (Lipinski definition) is 1. The number of nitrogens with zero attached hydrogens (tertiary/aromatic N) is 1. The van der Waals surface area contributed by atoms with Crippen molar-refractivity contribution < 1.29 is 41.9 Å². The van der Waals surface area contributed by atoms with Crippen LogP contribution < -0.4 is 10.8 Å². The highest BCUT2D eigenvalue weighted by molar-refractivity contribution is 5.79. The summed E-state index contributed by atoms with van der Waals surface area (Å²) in [6.07, 6.45) is -5.73. The van der Waals surface area contributed by atoms with Gasteiger partial charge < -0.3 is 24.9 Å². The number of ether oxygens (including phenoxy) is 1. The average molecular weight is 316 g/mol. The summed E-state index contributed by atoms with van der Waals surface area (Å²) in [7, 11) is 5.68. The van der Waals surface area contributed by atoms with Crippen LogP contribution in [0.2, 0.25) is 0 Å². The molecule has 1 amide bonds. The van der Waals surface area contributed by atoms with Gasteiger partial charge in [-0.2, -0.15) is 13.2 Å². The molecule has 0 heterocycles. The molecule has 7 nitrogen and oxygen atoms in total. The summed E-state index contributed by atoms with van der Waals surface area (Å²) in [6, 6.07) is 0. The number of amides is 1. The zero-order valence-corrected chi connectivity index (χ0v) is 12.2. The van der Waals surface area contributed by atoms with Crippen molar-refractivity contribution in [3.63, 3.8) is 0 Å². The van der Waals surface area contributed by atoms with Crippen molar-refractivity contribution in [2.75, 3.05) is 27.7 Å². The number of carboxylic acids is 1. The molecule has 124 valence electrons. The van der Waals surface area contributed by atoms with E-state index in [1.807, 2.05) is 21.1 Å². The summed E-state index contributed by atoms with van der Waals surface area (Å²) in [5.74, 6) is -3.93. The van der Waals surface area contributed by atoms with Crippen molar-refractivity contribution in [1.82, 2.24) is 0 Å². The summed E-state index contributed by atoms with van der Waals surface area (Å²) in [4.78, 5) is 30.2. The Morgan fingerprint density at radius 1 is 1.24 bits per heavy atom. The lowest BCUT2D eigenvalue weighted by Crippen LogP contribution is -2.45. The summed E-state index contributed by atoms with van der Waals surface area (Å²) in [6.45, 7) is 1.71. The van der Waals surface area contributed by atoms with Crippen molar-refractivity contribution in [3.8, 4) is 0 Å². The molecule has 0 aromatic rings. The average Bonchev–Trinajstić information content (AvgIpc) is 2.10. The molecule has 0 aliphatic heterocycles. The number of halogens is 3. The van der Waals surface area contributed by atoms with Crippen LogP contribution in [0.25, 0.3) is 0 Å². The van der Waals surface area contributed by atoms with E-state index in [9.17, 15) is 27.9 Å². The van der Waals surface area contributed by atoms with Gasteiger partial charge in [0.1, 0.15) is 6.54 Å². The molecule has 21 heavy (non-hydrogen) atoms. The first-order valence-electron chi connectivity index (χ1n) is 5.69. The van der Waals surface area contributed by atoms with Gasteiger partial charge >= 0.3 is 18.1 Å². The number of likely N-dealkylation sites (N-methyl/N-ethyl adjacent to an activating group) is 1. The van der Waals surface area contributed by atoms with Crippen LogP contribution in [0.1, 0.15) is 13.3 Å². The van der Waals surface area contributed by atoms with Gasteiger partial charge in [-0.25, -0.2) is 0 Å². The van der Waals surface area contributed by atoms with Crippen molar-refractivity contribution in [2.45, 2.75) is 25.6 Å². The number of rotatable bonds is 5. The Hall–Kier alpha value is -1.84. The van der Waals surface area contributed by atoms with Gasteiger partial charge in [-0.15, -0.1) is 0 Å². The number of aliphatic carboxylic acids is 1. The molecule has 0 saturated heterocycles. The third-order valence-electron chi connectivity index (χ3n) is 1.76. The molecular formula is C11H19F3N2O5. The molecule has 0 radical (unpaired) electrons. The molecular weight excluding hydrogens is 297 g/mol. The molecule has 0 aromatic carbocycles. The first-order valence-corrected chi connectivity index (χ1v) is 5.69. The van der Waals surface area contributed by atoms with E-state index in [0.29, 0.717) is 11.0 Å². The van der Waals surface area contributed by atoms with Gasteiger partial charge in [0.05, 0.1) is 21.1 Å². The highest BCUT2D eigenvalue weighted by atomic mass is 19.4. The van der Waals surface area contributed by atoms with Crippen LogP contribution in [0.4, 0.5) is 13.2 Å². The van der Waals surface area contributed by atoms with Gasteiger partial charge in [0.15, 0.2) is 6.10 Å². The van der Waals surface area contributed by atoms with Crippen LogP contribution in [0.5, 0.6) is 0 Å². The van der Waals surface area contributed by atoms with E-state index in [0.717, 1.165) is 0 Å². The maximum absolute atomic E-state index is 10.7. The second kappa shape index (κ2) is 8.45. The van der Waals surface area contributed by atoms with Gasteiger partial charge in [-0.05, 0) is 0 Å². The predicted octanol–water partition coefficient (Wildman–Crippen LogP) is -1.20. The molecule has 0 saturated carbocycles. The maximum Gasteiger partial charge on any atom is 0.470 e. The number of primary amides is 1. The Balaban J connectivity index is 0. The fourth-order valence-corrected chi connectivity index (χ4v) is 1.17. The van der Waals surface area contributed by atoms with E-state index in [2.05, 4.69) is 5.73 Å². The molecule has 0 aliphatic carbocycles. The minimum Gasteiger partial charge on any atom is -0.550 e. The third-order valence-corrected chi connectivity index (χ3v) is 1.76. The van der Waals surface area contributed by atoms with Crippen molar-refractivity contribution in [1.29, 1.82) is 0 Å². The summed E-state index contributed by atoms with van der Waals surface area (Å²) >= 11 is 0. The minimum atomic E-state index is -4.86. The molecule has 0 bridgehead atoms. The van der Waals surface area contributed by atoms with E-state index in [1.54, 1.807) is 0 Å². The number of hydrogen-bond acceptors (Lipinski definition) is 5. The van der Waals surface area contributed by atoms with Crippen LogP contribution in [0, 0.1) is 0 Å². The molecule has 0 rings (SSSR count). The first kappa shape index (κ1) is 21.5. The summed E-state index contributed by atoms with van der Waals surface area (Å²) < 4.78 is 37.5. The second-order valence-electron chi connectivity index (χ2n) is 5.14. The number of alkyl halides is 3.